The van der Waals surface area contributed by atoms with Gasteiger partial charge in [-0.05, 0) is 12.2 Å². The molecule has 5 aliphatic heterocycles. The molecule has 10 nitrogen and oxygen atoms in total. The van der Waals surface area contributed by atoms with Gasteiger partial charge in [-0.1, -0.05) is 79.2 Å². The van der Waals surface area contributed by atoms with Crippen molar-refractivity contribution in [1.82, 2.24) is 14.1 Å². The second kappa shape index (κ2) is 34.4. The molecule has 0 spiro atoms. The zero-order valence-electron chi connectivity index (χ0n) is 45.0. The number of anilines is 2. The number of aromatic nitrogens is 3. The van der Waals surface area contributed by atoms with Gasteiger partial charge in [-0.3, -0.25) is 10.6 Å². The molecule has 0 aliphatic carbocycles. The minimum Gasteiger partial charge on any atom is -0.381 e. The number of nitrogens with zero attached hydrogens (tertiary/aromatic N) is 3. The minimum absolute atomic E-state index is 0. The van der Waals surface area contributed by atoms with E-state index in [9.17, 15) is 13.2 Å². The number of nitrogen functional groups attached to an aromatic ring is 1. The molecule has 8 aromatic rings. The normalized spacial score (nSPS) is 15.2. The van der Waals surface area contributed by atoms with Crippen LogP contribution >= 0.6 is 47.0 Å². The van der Waals surface area contributed by atoms with Gasteiger partial charge in [0.2, 0.25) is 0 Å². The number of hydrogen-bond acceptors (Lipinski definition) is 11. The summed E-state index contributed by atoms with van der Waals surface area (Å²) in [7, 11) is 1.18. The first-order valence-electron chi connectivity index (χ1n) is 23.9. The topological polar surface area (TPSA) is 139 Å². The van der Waals surface area contributed by atoms with Gasteiger partial charge in [-0.2, -0.15) is 141 Å². The third-order valence-electron chi connectivity index (χ3n) is 12.8. The molecule has 393 valence electrons. The Bertz CT molecular complexity index is 3380. The van der Waals surface area contributed by atoms with Crippen LogP contribution in [0.25, 0.3) is 32.7 Å². The molecule has 0 bridgehead atoms. The summed E-state index contributed by atoms with van der Waals surface area (Å²) >= 11 is 7.67. The quantitative estimate of drug-likeness (QED) is 0.0768. The third kappa shape index (κ3) is 19.8. The summed E-state index contributed by atoms with van der Waals surface area (Å²) in [5.74, 6) is 14.7. The van der Waals surface area contributed by atoms with Crippen LogP contribution in [-0.2, 0) is 227 Å². The molecular weight excluding hydrogens is 1440 g/mol. The number of hydrazone groups is 1. The Labute approximate surface area is 599 Å². The Morgan fingerprint density at radius 2 is 1.12 bits per heavy atom. The van der Waals surface area contributed by atoms with Crippen molar-refractivity contribution in [3.05, 3.63) is 165 Å². The number of carbonyl (C=O) groups is 1. The zero-order chi connectivity index (χ0) is 50.9. The summed E-state index contributed by atoms with van der Waals surface area (Å²) in [6.07, 6.45) is 1.93. The summed E-state index contributed by atoms with van der Waals surface area (Å²) in [6, 6.07) is 40.0. The smallest absolute Gasteiger partial charge is 0.159 e. The van der Waals surface area contributed by atoms with E-state index in [1.807, 2.05) is 110 Å². The third-order valence-corrected chi connectivity index (χ3v) is 18.2. The van der Waals surface area contributed by atoms with Crippen molar-refractivity contribution in [2.45, 2.75) is 82.0 Å². The average Bonchev–Trinajstić information content (AvgIpc) is 4.24. The fraction of sp³-hybridized carbons (Fsp3) is 0.333. The number of nitrogens with two attached hydrogens (primary N) is 1. The number of fused-ring (bicyclic) bond motifs is 9. The van der Waals surface area contributed by atoms with Crippen LogP contribution in [0.1, 0.15) is 74.4 Å². The van der Waals surface area contributed by atoms with Gasteiger partial charge < -0.3 is 25.0 Å². The van der Waals surface area contributed by atoms with E-state index in [1.54, 1.807) is 11.8 Å². The minimum atomic E-state index is -2.92. The van der Waals surface area contributed by atoms with Crippen molar-refractivity contribution in [3.63, 3.8) is 0 Å². The second-order valence-corrected chi connectivity index (χ2v) is 24.7. The molecule has 0 saturated carbocycles. The predicted octanol–water partition coefficient (Wildman–Crippen LogP) is 12.2. The molecule has 5 aromatic carbocycles. The molecule has 77 heavy (non-hydrogen) atoms. The maximum Gasteiger partial charge on any atom is 0.159 e. The number of hydrogen-bond donors (Lipinski definition) is 4. The van der Waals surface area contributed by atoms with Crippen molar-refractivity contribution in [2.75, 3.05) is 33.9 Å². The Morgan fingerprint density at radius 1 is 0.584 bits per heavy atom. The monoisotopic (exact) mass is 1500 g/mol. The van der Waals surface area contributed by atoms with E-state index in [0.29, 0.717) is 5.78 Å². The van der Waals surface area contributed by atoms with E-state index in [4.69, 9.17) is 5.84 Å². The number of Topliss-reactive ketones (excluding diaryl/α,β-unsaturated/α-hetero) is 1. The van der Waals surface area contributed by atoms with Crippen molar-refractivity contribution in [2.24, 2.45) is 25.0 Å². The van der Waals surface area contributed by atoms with Crippen LogP contribution in [0.2, 0.25) is 0 Å². The average molecular weight is 1500 g/mol. The van der Waals surface area contributed by atoms with Gasteiger partial charge in [0, 0.05) is 241 Å². The first-order valence-corrected chi connectivity index (χ1v) is 30.4. The summed E-state index contributed by atoms with van der Waals surface area (Å²) in [5.41, 5.74) is 26.2. The Kier molecular flexibility index (Phi) is 32.1. The van der Waals surface area contributed by atoms with Gasteiger partial charge in [-0.25, -0.2) is 8.42 Å². The molecular formula is C57H62N7O3S5Y5-5. The van der Waals surface area contributed by atoms with Crippen LogP contribution in [0.3, 0.4) is 0 Å². The molecule has 5 aliphatic rings. The zero-order valence-corrected chi connectivity index (χ0v) is 63.3. The number of rotatable bonds is 3. The molecule has 2 saturated heterocycles. The SMILES string of the molecule is Cc1[c-]cc2c3c([nH]c2c1)CSC3.Cc1[c-]cc2c3c(n(C)c2c1)CS(=O)(=O)C3.Cc1[c-]cc2c3c(n(C)c2c1)CSC3.Cc1[c-]ccc(N/N=C2/CCSC2)c1.Cc1[c-]ccc(NN)c1.O=C1CCSC1.[Y].[Y].[Y].[Y].[Y]. The molecule has 5 N–H and O–H groups in total. The van der Waals surface area contributed by atoms with Crippen LogP contribution in [0.15, 0.2) is 77.9 Å². The van der Waals surface area contributed by atoms with Gasteiger partial charge in [-0.15, -0.1) is 58.6 Å². The van der Waals surface area contributed by atoms with Gasteiger partial charge in [0.1, 0.15) is 5.78 Å². The predicted molar refractivity (Wildman–Crippen MR) is 309 cm³/mol. The number of aryl methyl sites for hydroxylation is 7. The number of thioether (sulfide) groups is 4. The Balaban J connectivity index is 0.000000245. The molecule has 0 amide bonds. The number of benzene rings is 5. The second-order valence-electron chi connectivity index (χ2n) is 18.4. The van der Waals surface area contributed by atoms with Crippen LogP contribution in [0.5, 0.6) is 0 Å². The molecule has 8 heterocycles. The van der Waals surface area contributed by atoms with Crippen molar-refractivity contribution in [1.29, 1.82) is 0 Å². The first kappa shape index (κ1) is 71.8. The maximum atomic E-state index is 11.6. The standard InChI is InChI=1S/C12H12NO2S.C12H12NS.C11H13N2S.C11H10NS.C7H9N2.C4H6OS.5Y/c1-8-3-4-9-10-6-16(14,15)7-12(10)13(2)11(9)5-8;1-8-3-4-9-10-6-14-7-12(10)13(2)11(9)5-8;1-9-3-2-4-10(7-9)12-13-11-5-6-14-8-11;1-7-2-3-8-9-5-13-6-11(9)12-10(8)4-7;1-6-3-2-4-7(5-6)9-8;5-4-1-2-6-3-4;;;;;/h4-5H,6-7H2,1-2H3;4-5H,6-7H2,1-2H3;2,4,7,12H,5-6,8H2,1H3;3-4,12H,5-6H2,1H3;2,4-5,9H,8H2,1H3;1-3H2;;;;;/q5*-1;;;;;;/b;;13-11-;;;;;;;;. The van der Waals surface area contributed by atoms with E-state index < -0.39 is 9.84 Å². The van der Waals surface area contributed by atoms with Gasteiger partial charge in [0.15, 0.2) is 9.84 Å². The largest absolute Gasteiger partial charge is 0.381 e. The molecule has 0 unspecified atom stereocenters. The number of aromatic amines is 1. The number of carbonyl (C=O) groups excluding carboxylic acids is 1. The molecule has 20 heteroatoms. The summed E-state index contributed by atoms with van der Waals surface area (Å²) in [4.78, 5) is 13.7. The molecule has 13 rings (SSSR count). The maximum absolute atomic E-state index is 11.6. The molecule has 5 radical (unpaired) electrons. The number of hydrazine groups is 1. The van der Waals surface area contributed by atoms with Gasteiger partial charge >= 0.3 is 0 Å². The summed E-state index contributed by atoms with van der Waals surface area (Å²) in [6.45, 7) is 10.2. The summed E-state index contributed by atoms with van der Waals surface area (Å²) < 4.78 is 27.5. The van der Waals surface area contributed by atoms with E-state index in [0.717, 1.165) is 91.8 Å². The van der Waals surface area contributed by atoms with Gasteiger partial charge in [0.25, 0.3) is 0 Å². The van der Waals surface area contributed by atoms with E-state index in [-0.39, 0.29) is 175 Å². The van der Waals surface area contributed by atoms with Gasteiger partial charge in [0.05, 0.1) is 17.3 Å². The number of H-pyrrole nitrogens is 1. The number of ketones is 1. The molecule has 0 atom stereocenters. The van der Waals surface area contributed by atoms with Crippen molar-refractivity contribution < 1.29 is 177 Å². The van der Waals surface area contributed by atoms with E-state index in [1.165, 1.54) is 78.4 Å². The van der Waals surface area contributed by atoms with E-state index >= 15 is 0 Å². The van der Waals surface area contributed by atoms with E-state index in [2.05, 4.69) is 107 Å². The van der Waals surface area contributed by atoms with Crippen LogP contribution < -0.4 is 16.7 Å². The van der Waals surface area contributed by atoms with Crippen LogP contribution in [-0.4, -0.2) is 57.0 Å². The fourth-order valence-corrected chi connectivity index (χ4v) is 14.8. The molecule has 2 fully saturated rings. The Morgan fingerprint density at radius 3 is 1.68 bits per heavy atom. The van der Waals surface area contributed by atoms with Crippen LogP contribution in [0, 0.1) is 65.0 Å². The number of sulfone groups is 1. The number of nitrogens with one attached hydrogen (secondary N) is 3. The van der Waals surface area contributed by atoms with Crippen LogP contribution in [0.4, 0.5) is 11.4 Å². The fourth-order valence-electron chi connectivity index (χ4n) is 8.99. The van der Waals surface area contributed by atoms with Crippen molar-refractivity contribution >= 4 is 112 Å². The molecule has 3 aromatic heterocycles. The van der Waals surface area contributed by atoms with Crippen molar-refractivity contribution in [3.8, 4) is 0 Å². The first-order chi connectivity index (χ1) is 34.7. The Hall–Kier alpha value is 0.489. The summed E-state index contributed by atoms with van der Waals surface area (Å²) in [5, 5.41) is 8.17.